The highest BCUT2D eigenvalue weighted by Crippen LogP contribution is 2.15. The minimum absolute atomic E-state index is 0.0467. The lowest BCUT2D eigenvalue weighted by Gasteiger charge is -2.07. The van der Waals surface area contributed by atoms with Gasteiger partial charge < -0.3 is 0 Å². The number of sulfonamides is 1. The molecule has 1 heterocycles. The van der Waals surface area contributed by atoms with Crippen molar-refractivity contribution in [2.75, 3.05) is 4.72 Å². The van der Waals surface area contributed by atoms with E-state index < -0.39 is 10.0 Å². The van der Waals surface area contributed by atoms with Crippen LogP contribution in [0.15, 0.2) is 53.7 Å². The minimum Gasteiger partial charge on any atom is -0.278 e. The molecule has 0 aliphatic rings. The third-order valence-corrected chi connectivity index (χ3v) is 3.57. The molecule has 90 valence electrons. The third-order valence-electron chi connectivity index (χ3n) is 2.19. The Kier molecular flexibility index (Phi) is 3.26. The number of aromatic nitrogens is 1. The highest BCUT2D eigenvalue weighted by molar-refractivity contribution is 7.92. The normalized spacial score (nSPS) is 10.6. The van der Waals surface area contributed by atoms with Crippen molar-refractivity contribution >= 4 is 15.7 Å². The molecule has 0 saturated carbocycles. The molecule has 1 aromatic carbocycles. The Bertz CT molecular complexity index is 691. The number of hydrogen-bond donors (Lipinski definition) is 1. The first-order chi connectivity index (χ1) is 8.62. The van der Waals surface area contributed by atoms with Gasteiger partial charge in [0, 0.05) is 6.20 Å². The average molecular weight is 259 g/mol. The van der Waals surface area contributed by atoms with Gasteiger partial charge >= 0.3 is 0 Å². The number of hydrogen-bond acceptors (Lipinski definition) is 4. The van der Waals surface area contributed by atoms with Gasteiger partial charge in [-0.3, -0.25) is 9.71 Å². The molecule has 0 aliphatic heterocycles. The third kappa shape index (κ3) is 2.64. The van der Waals surface area contributed by atoms with Crippen LogP contribution in [0, 0.1) is 11.3 Å². The second kappa shape index (κ2) is 4.85. The van der Waals surface area contributed by atoms with Gasteiger partial charge in [0.1, 0.15) is 0 Å². The summed E-state index contributed by atoms with van der Waals surface area (Å²) in [6.07, 6.45) is 2.96. The van der Waals surface area contributed by atoms with Crippen molar-refractivity contribution in [1.29, 1.82) is 5.26 Å². The van der Waals surface area contributed by atoms with E-state index in [0.29, 0.717) is 11.3 Å². The summed E-state index contributed by atoms with van der Waals surface area (Å²) in [5, 5.41) is 8.74. The van der Waals surface area contributed by atoms with E-state index in [1.807, 2.05) is 6.07 Å². The first kappa shape index (κ1) is 12.1. The van der Waals surface area contributed by atoms with Crippen LogP contribution >= 0.6 is 0 Å². The lowest BCUT2D eigenvalue weighted by molar-refractivity contribution is 0.601. The predicted octanol–water partition coefficient (Wildman–Crippen LogP) is 1.75. The van der Waals surface area contributed by atoms with Crippen LogP contribution in [0.1, 0.15) is 5.56 Å². The van der Waals surface area contributed by atoms with Crippen molar-refractivity contribution < 1.29 is 8.42 Å². The van der Waals surface area contributed by atoms with Crippen molar-refractivity contribution in [2.24, 2.45) is 0 Å². The highest BCUT2D eigenvalue weighted by atomic mass is 32.2. The molecule has 2 rings (SSSR count). The molecular formula is C12H9N3O2S. The summed E-state index contributed by atoms with van der Waals surface area (Å²) in [4.78, 5) is 3.86. The van der Waals surface area contributed by atoms with Gasteiger partial charge in [0.15, 0.2) is 0 Å². The molecule has 0 aliphatic carbocycles. The smallest absolute Gasteiger partial charge is 0.261 e. The summed E-state index contributed by atoms with van der Waals surface area (Å²) in [7, 11) is -3.69. The molecule has 0 atom stereocenters. The van der Waals surface area contributed by atoms with Crippen LogP contribution in [-0.4, -0.2) is 13.4 Å². The van der Waals surface area contributed by atoms with Crippen LogP contribution in [0.5, 0.6) is 0 Å². The van der Waals surface area contributed by atoms with Gasteiger partial charge in [-0.05, 0) is 30.3 Å². The Labute approximate surface area is 105 Å². The van der Waals surface area contributed by atoms with Gasteiger partial charge in [-0.1, -0.05) is 6.07 Å². The fourth-order valence-corrected chi connectivity index (χ4v) is 2.46. The summed E-state index contributed by atoms with van der Waals surface area (Å²) in [5.41, 5.74) is 0.670. The Morgan fingerprint density at radius 3 is 2.72 bits per heavy atom. The number of nitrogens with zero attached hydrogens (tertiary/aromatic N) is 2. The van der Waals surface area contributed by atoms with Crippen LogP contribution in [-0.2, 0) is 10.0 Å². The predicted molar refractivity (Wildman–Crippen MR) is 66.2 cm³/mol. The van der Waals surface area contributed by atoms with E-state index in [1.165, 1.54) is 24.4 Å². The van der Waals surface area contributed by atoms with Crippen LogP contribution in [0.4, 0.5) is 5.69 Å². The number of pyridine rings is 1. The maximum atomic E-state index is 12.0. The Hall–Kier alpha value is -2.39. The van der Waals surface area contributed by atoms with Gasteiger partial charge in [-0.25, -0.2) is 8.42 Å². The quantitative estimate of drug-likeness (QED) is 0.910. The average Bonchev–Trinajstić information content (AvgIpc) is 2.39. The molecule has 0 unspecified atom stereocenters. The van der Waals surface area contributed by atoms with E-state index in [4.69, 9.17) is 5.26 Å². The Balaban J connectivity index is 2.34. The fraction of sp³-hybridized carbons (Fsp3) is 0. The molecule has 0 amide bonds. The molecule has 0 fully saturated rings. The van der Waals surface area contributed by atoms with E-state index in [2.05, 4.69) is 9.71 Å². The Morgan fingerprint density at radius 1 is 1.22 bits per heavy atom. The SMILES string of the molecule is N#Cc1cccc(S(=O)(=O)Nc2cccnc2)c1. The molecule has 0 spiro atoms. The zero-order chi connectivity index (χ0) is 13.0. The number of nitriles is 1. The lowest BCUT2D eigenvalue weighted by Crippen LogP contribution is -2.13. The Morgan fingerprint density at radius 2 is 2.06 bits per heavy atom. The van der Waals surface area contributed by atoms with Gasteiger partial charge in [-0.15, -0.1) is 0 Å². The first-order valence-electron chi connectivity index (χ1n) is 5.05. The molecule has 5 nitrogen and oxygen atoms in total. The zero-order valence-electron chi connectivity index (χ0n) is 9.24. The second-order valence-electron chi connectivity index (χ2n) is 3.49. The highest BCUT2D eigenvalue weighted by Gasteiger charge is 2.14. The largest absolute Gasteiger partial charge is 0.278 e. The van der Waals surface area contributed by atoms with E-state index in [9.17, 15) is 8.42 Å². The maximum absolute atomic E-state index is 12.0. The molecule has 2 aromatic rings. The molecule has 1 aromatic heterocycles. The molecule has 6 heteroatoms. The molecular weight excluding hydrogens is 250 g/mol. The molecule has 1 N–H and O–H groups in total. The number of benzene rings is 1. The standard InChI is InChI=1S/C12H9N3O2S/c13-8-10-3-1-5-12(7-10)18(16,17)15-11-4-2-6-14-9-11/h1-7,9,15H. The van der Waals surface area contributed by atoms with Gasteiger partial charge in [0.2, 0.25) is 0 Å². The monoisotopic (exact) mass is 259 g/mol. The van der Waals surface area contributed by atoms with Crippen LogP contribution in [0.2, 0.25) is 0 Å². The maximum Gasteiger partial charge on any atom is 0.261 e. The van der Waals surface area contributed by atoms with E-state index in [1.54, 1.807) is 24.4 Å². The van der Waals surface area contributed by atoms with E-state index in [-0.39, 0.29) is 4.90 Å². The van der Waals surface area contributed by atoms with Crippen molar-refractivity contribution in [3.05, 3.63) is 54.4 Å². The van der Waals surface area contributed by atoms with E-state index in [0.717, 1.165) is 0 Å². The van der Waals surface area contributed by atoms with E-state index >= 15 is 0 Å². The topological polar surface area (TPSA) is 82.8 Å². The summed E-state index contributed by atoms with van der Waals surface area (Å²) in [6.45, 7) is 0. The first-order valence-corrected chi connectivity index (χ1v) is 6.53. The number of nitrogens with one attached hydrogen (secondary N) is 1. The van der Waals surface area contributed by atoms with Gasteiger partial charge in [0.05, 0.1) is 28.4 Å². The van der Waals surface area contributed by atoms with Crippen LogP contribution in [0.3, 0.4) is 0 Å². The van der Waals surface area contributed by atoms with Crippen molar-refractivity contribution in [1.82, 2.24) is 4.98 Å². The lowest BCUT2D eigenvalue weighted by atomic mass is 10.2. The summed E-state index contributed by atoms with van der Waals surface area (Å²) >= 11 is 0. The van der Waals surface area contributed by atoms with Gasteiger partial charge in [-0.2, -0.15) is 5.26 Å². The number of rotatable bonds is 3. The molecule has 0 bridgehead atoms. The fourth-order valence-electron chi connectivity index (χ4n) is 1.37. The van der Waals surface area contributed by atoms with Crippen LogP contribution in [0.25, 0.3) is 0 Å². The summed E-state index contributed by atoms with van der Waals surface area (Å²) in [5.74, 6) is 0. The minimum atomic E-state index is -3.69. The number of anilines is 1. The van der Waals surface area contributed by atoms with Crippen molar-refractivity contribution in [3.63, 3.8) is 0 Å². The van der Waals surface area contributed by atoms with Gasteiger partial charge in [0.25, 0.3) is 10.0 Å². The summed E-state index contributed by atoms with van der Waals surface area (Å²) < 4.78 is 26.4. The van der Waals surface area contributed by atoms with Crippen LogP contribution < -0.4 is 4.72 Å². The molecule has 0 radical (unpaired) electrons. The molecule has 18 heavy (non-hydrogen) atoms. The second-order valence-corrected chi connectivity index (χ2v) is 5.17. The van der Waals surface area contributed by atoms with Crippen molar-refractivity contribution in [3.8, 4) is 6.07 Å². The zero-order valence-corrected chi connectivity index (χ0v) is 10.1. The molecule has 0 saturated heterocycles. The van der Waals surface area contributed by atoms with Crippen molar-refractivity contribution in [2.45, 2.75) is 4.90 Å². The summed E-state index contributed by atoms with van der Waals surface area (Å²) in [6, 6.07) is 10.9.